The highest BCUT2D eigenvalue weighted by atomic mass is 32.2. The van der Waals surface area contributed by atoms with Gasteiger partial charge in [0.05, 0.1) is 28.6 Å². The Balaban J connectivity index is 1.76. The van der Waals surface area contributed by atoms with Gasteiger partial charge in [-0.05, 0) is 61.5 Å². The number of nitrogens with zero attached hydrogens (tertiary/aromatic N) is 2. The number of carbonyl (C=O) groups is 1. The maximum absolute atomic E-state index is 13.6. The van der Waals surface area contributed by atoms with Crippen LogP contribution in [0.4, 0.5) is 0 Å². The number of aromatic nitrogens is 3. The molecule has 160 valence electrons. The molecule has 1 N–H and O–H groups in total. The predicted molar refractivity (Wildman–Crippen MR) is 122 cm³/mol. The molecule has 3 aromatic carbocycles. The zero-order valence-electron chi connectivity index (χ0n) is 17.4. The van der Waals surface area contributed by atoms with Crippen LogP contribution in [0.1, 0.15) is 21.9 Å². The van der Waals surface area contributed by atoms with E-state index in [1.54, 1.807) is 60.7 Å². The number of aryl methyl sites for hydroxylation is 1. The van der Waals surface area contributed by atoms with Gasteiger partial charge in [0.15, 0.2) is 0 Å². The topological polar surface area (TPSA) is 94.0 Å². The van der Waals surface area contributed by atoms with Crippen LogP contribution in [0.3, 0.4) is 0 Å². The second-order valence-corrected chi connectivity index (χ2v) is 9.21. The summed E-state index contributed by atoms with van der Waals surface area (Å²) >= 11 is 0. The van der Waals surface area contributed by atoms with Crippen molar-refractivity contribution >= 4 is 37.7 Å². The highest BCUT2D eigenvalue weighted by molar-refractivity contribution is 7.90. The summed E-state index contributed by atoms with van der Waals surface area (Å²) in [6, 6.07) is 19.8. The molecule has 0 saturated carbocycles. The van der Waals surface area contributed by atoms with Gasteiger partial charge >= 0.3 is 0 Å². The van der Waals surface area contributed by atoms with E-state index >= 15 is 0 Å². The van der Waals surface area contributed by atoms with E-state index in [1.807, 2.05) is 6.92 Å². The van der Waals surface area contributed by atoms with Crippen LogP contribution in [0.15, 0.2) is 77.7 Å². The van der Waals surface area contributed by atoms with Crippen molar-refractivity contribution in [1.82, 2.24) is 13.9 Å². The van der Waals surface area contributed by atoms with Gasteiger partial charge in [-0.15, -0.1) is 0 Å². The molecule has 7 nitrogen and oxygen atoms in total. The number of carbonyl (C=O) groups excluding carboxylic acids is 1. The Kier molecular flexibility index (Phi) is 4.60. The first-order chi connectivity index (χ1) is 15.4. The van der Waals surface area contributed by atoms with Gasteiger partial charge in [-0.2, -0.15) is 0 Å². The van der Waals surface area contributed by atoms with E-state index in [-0.39, 0.29) is 10.6 Å². The second-order valence-electron chi connectivity index (χ2n) is 7.42. The molecule has 2 heterocycles. The summed E-state index contributed by atoms with van der Waals surface area (Å²) in [5, 5.41) is 0.589. The highest BCUT2D eigenvalue weighted by Crippen LogP contribution is 2.30. The molecule has 0 aliphatic rings. The molecule has 8 heteroatoms. The highest BCUT2D eigenvalue weighted by Gasteiger charge is 2.27. The average molecular weight is 446 g/mol. The average Bonchev–Trinajstić information content (AvgIpc) is 3.37. The minimum atomic E-state index is -4.03. The van der Waals surface area contributed by atoms with Crippen LogP contribution < -0.4 is 4.74 Å². The molecule has 0 bridgehead atoms. The number of rotatable bonds is 5. The quantitative estimate of drug-likeness (QED) is 0.407. The van der Waals surface area contributed by atoms with E-state index in [0.717, 1.165) is 15.3 Å². The lowest BCUT2D eigenvalue weighted by molar-refractivity contribution is 0.103. The van der Waals surface area contributed by atoms with Crippen molar-refractivity contribution in [3.8, 4) is 5.75 Å². The minimum absolute atomic E-state index is 0.0488. The number of hydrogen-bond acceptors (Lipinski definition) is 5. The number of nitrogens with one attached hydrogen (secondary N) is 1. The van der Waals surface area contributed by atoms with Crippen LogP contribution in [-0.2, 0) is 10.0 Å². The zero-order valence-corrected chi connectivity index (χ0v) is 18.2. The van der Waals surface area contributed by atoms with Crippen LogP contribution >= 0.6 is 0 Å². The van der Waals surface area contributed by atoms with Gasteiger partial charge in [-0.3, -0.25) is 4.79 Å². The molecule has 0 atom stereocenters. The van der Waals surface area contributed by atoms with Gasteiger partial charge in [0.25, 0.3) is 10.0 Å². The van der Waals surface area contributed by atoms with Crippen molar-refractivity contribution in [2.75, 3.05) is 7.11 Å². The Hall–Kier alpha value is -3.91. The number of ether oxygens (including phenoxy) is 1. The molecule has 5 rings (SSSR count). The number of hydrogen-bond donors (Lipinski definition) is 1. The van der Waals surface area contributed by atoms with Crippen LogP contribution in [0.5, 0.6) is 5.75 Å². The van der Waals surface area contributed by atoms with Gasteiger partial charge in [-0.25, -0.2) is 17.4 Å². The van der Waals surface area contributed by atoms with Gasteiger partial charge in [0.2, 0.25) is 5.78 Å². The van der Waals surface area contributed by atoms with E-state index in [4.69, 9.17) is 4.74 Å². The fraction of sp³-hybridized carbons (Fsp3) is 0.0833. The van der Waals surface area contributed by atoms with Crippen molar-refractivity contribution in [3.63, 3.8) is 0 Å². The normalized spacial score (nSPS) is 11.8. The summed E-state index contributed by atoms with van der Waals surface area (Å²) in [4.78, 5) is 21.1. The third-order valence-corrected chi connectivity index (χ3v) is 7.08. The largest absolute Gasteiger partial charge is 0.497 e. The maximum atomic E-state index is 13.6. The molecule has 0 unspecified atom stereocenters. The molecule has 0 aliphatic heterocycles. The molecule has 0 amide bonds. The van der Waals surface area contributed by atoms with Crippen LogP contribution in [-0.4, -0.2) is 35.3 Å². The number of aromatic amines is 1. The van der Waals surface area contributed by atoms with Gasteiger partial charge in [0, 0.05) is 10.9 Å². The number of benzene rings is 3. The van der Waals surface area contributed by atoms with Crippen LogP contribution in [0, 0.1) is 6.92 Å². The lowest BCUT2D eigenvalue weighted by Crippen LogP contribution is -2.19. The molecule has 32 heavy (non-hydrogen) atoms. The van der Waals surface area contributed by atoms with Crippen molar-refractivity contribution in [2.24, 2.45) is 0 Å². The molecule has 0 fully saturated rings. The smallest absolute Gasteiger partial charge is 0.268 e. The zero-order chi connectivity index (χ0) is 22.5. The fourth-order valence-electron chi connectivity index (χ4n) is 3.84. The monoisotopic (exact) mass is 445 g/mol. The molecule has 2 aromatic heterocycles. The molecular formula is C24H19N3O4S. The second kappa shape index (κ2) is 7.35. The SMILES string of the molecule is COc1ccc2c(c1)cc(C(=O)c1ccc3nc(C)[nH]c3c1)n2S(=O)(=O)c1ccccc1. The van der Waals surface area contributed by atoms with Gasteiger partial charge < -0.3 is 9.72 Å². The third kappa shape index (κ3) is 3.16. The van der Waals surface area contributed by atoms with E-state index in [9.17, 15) is 13.2 Å². The Morgan fingerprint density at radius 2 is 1.78 bits per heavy atom. The van der Waals surface area contributed by atoms with E-state index in [1.165, 1.54) is 19.2 Å². The predicted octanol–water partition coefficient (Wildman–Crippen LogP) is 4.30. The molecule has 5 aromatic rings. The number of ketones is 1. The number of fused-ring (bicyclic) bond motifs is 2. The third-order valence-electron chi connectivity index (χ3n) is 5.34. The summed E-state index contributed by atoms with van der Waals surface area (Å²) in [5.74, 6) is 0.895. The first-order valence-electron chi connectivity index (χ1n) is 9.90. The number of methoxy groups -OCH3 is 1. The molecular weight excluding hydrogens is 426 g/mol. The molecule has 0 spiro atoms. The minimum Gasteiger partial charge on any atom is -0.497 e. The summed E-state index contributed by atoms with van der Waals surface area (Å²) in [6.45, 7) is 1.83. The molecule has 0 radical (unpaired) electrons. The summed E-state index contributed by atoms with van der Waals surface area (Å²) in [5.41, 5.74) is 2.26. The van der Waals surface area contributed by atoms with Crippen molar-refractivity contribution in [2.45, 2.75) is 11.8 Å². The Morgan fingerprint density at radius 1 is 1.00 bits per heavy atom. The van der Waals surface area contributed by atoms with Gasteiger partial charge in [-0.1, -0.05) is 18.2 Å². The number of imidazole rings is 1. The fourth-order valence-corrected chi connectivity index (χ4v) is 5.37. The van der Waals surface area contributed by atoms with Crippen molar-refractivity contribution in [1.29, 1.82) is 0 Å². The summed E-state index contributed by atoms with van der Waals surface area (Å²) in [7, 11) is -2.49. The van der Waals surface area contributed by atoms with E-state index in [2.05, 4.69) is 9.97 Å². The standard InChI is InChI=1S/C24H19N3O4S/c1-15-25-20-10-8-16(13-21(20)26-15)24(28)23-14-17-12-18(31-2)9-11-22(17)27(23)32(29,30)19-6-4-3-5-7-19/h3-14H,1-2H3,(H,25,26). The van der Waals surface area contributed by atoms with E-state index < -0.39 is 15.8 Å². The van der Waals surface area contributed by atoms with E-state index in [0.29, 0.717) is 27.7 Å². The van der Waals surface area contributed by atoms with Crippen molar-refractivity contribution < 1.29 is 17.9 Å². The maximum Gasteiger partial charge on any atom is 0.268 e. The van der Waals surface area contributed by atoms with Crippen molar-refractivity contribution in [3.05, 3.63) is 89.9 Å². The molecule has 0 saturated heterocycles. The number of H-pyrrole nitrogens is 1. The lowest BCUT2D eigenvalue weighted by atomic mass is 10.1. The molecule has 0 aliphatic carbocycles. The summed E-state index contributed by atoms with van der Waals surface area (Å²) < 4.78 is 33.6. The van der Waals surface area contributed by atoms with Gasteiger partial charge in [0.1, 0.15) is 17.3 Å². The first-order valence-corrected chi connectivity index (χ1v) is 11.3. The van der Waals surface area contributed by atoms with Crippen LogP contribution in [0.2, 0.25) is 0 Å². The Morgan fingerprint density at radius 3 is 2.53 bits per heavy atom. The Bertz CT molecular complexity index is 1600. The lowest BCUT2D eigenvalue weighted by Gasteiger charge is -2.12. The summed E-state index contributed by atoms with van der Waals surface area (Å²) in [6.07, 6.45) is 0. The Labute approximate surface area is 184 Å². The van der Waals surface area contributed by atoms with Crippen LogP contribution in [0.25, 0.3) is 21.9 Å². The first kappa shape index (κ1) is 20.0.